The number of morpholine rings is 1. The van der Waals surface area contributed by atoms with Gasteiger partial charge in [-0.1, -0.05) is 6.58 Å². The van der Waals surface area contributed by atoms with Crippen molar-refractivity contribution in [3.63, 3.8) is 0 Å². The summed E-state index contributed by atoms with van der Waals surface area (Å²) < 4.78 is 5.67. The van der Waals surface area contributed by atoms with Gasteiger partial charge in [0.05, 0.1) is 35.8 Å². The van der Waals surface area contributed by atoms with E-state index in [0.717, 1.165) is 53.4 Å². The summed E-state index contributed by atoms with van der Waals surface area (Å²) in [5, 5.41) is 4.60. The molecule has 5 nitrogen and oxygen atoms in total. The van der Waals surface area contributed by atoms with Crippen LogP contribution in [0.4, 0.5) is 17.1 Å². The number of aromatic nitrogens is 2. The Balaban J connectivity index is 1.71. The van der Waals surface area contributed by atoms with Gasteiger partial charge < -0.3 is 15.0 Å². The molecule has 1 atom stereocenters. The number of pyridine rings is 2. The minimum absolute atomic E-state index is 0.248. The average Bonchev–Trinajstić information content (AvgIpc) is 2.68. The number of nitrogens with zero attached hydrogens (tertiary/aromatic N) is 3. The molecule has 0 amide bonds. The zero-order valence-corrected chi connectivity index (χ0v) is 15.8. The molecule has 1 unspecified atom stereocenters. The van der Waals surface area contributed by atoms with E-state index in [1.54, 1.807) is 6.08 Å². The Labute approximate surface area is 159 Å². The van der Waals surface area contributed by atoms with Crippen molar-refractivity contribution in [2.45, 2.75) is 20.0 Å². The molecule has 1 aromatic carbocycles. The largest absolute Gasteiger partial charge is 0.375 e. The normalized spacial score (nSPS) is 17.1. The number of ether oxygens (including phenoxy) is 1. The average molecular weight is 360 g/mol. The molecule has 1 saturated heterocycles. The molecule has 1 aliphatic heterocycles. The highest BCUT2D eigenvalue weighted by molar-refractivity contribution is 5.95. The first kappa shape index (κ1) is 17.5. The van der Waals surface area contributed by atoms with Crippen LogP contribution in [0.25, 0.3) is 17.0 Å². The van der Waals surface area contributed by atoms with Crippen molar-refractivity contribution < 1.29 is 4.74 Å². The van der Waals surface area contributed by atoms with E-state index < -0.39 is 0 Å². The van der Waals surface area contributed by atoms with Gasteiger partial charge in [-0.2, -0.15) is 0 Å². The Morgan fingerprint density at radius 1 is 1.26 bits per heavy atom. The molecule has 1 fully saturated rings. The number of fused-ring (bicyclic) bond motifs is 1. The first-order chi connectivity index (χ1) is 13.1. The third-order valence-electron chi connectivity index (χ3n) is 4.80. The van der Waals surface area contributed by atoms with Crippen LogP contribution < -0.4 is 10.2 Å². The highest BCUT2D eigenvalue weighted by Crippen LogP contribution is 2.30. The number of benzene rings is 1. The van der Waals surface area contributed by atoms with Crippen LogP contribution >= 0.6 is 0 Å². The number of rotatable bonds is 4. The second-order valence-corrected chi connectivity index (χ2v) is 6.94. The molecule has 1 N–H and O–H groups in total. The van der Waals surface area contributed by atoms with Crippen molar-refractivity contribution in [2.24, 2.45) is 0 Å². The second kappa shape index (κ2) is 7.37. The fourth-order valence-electron chi connectivity index (χ4n) is 3.45. The van der Waals surface area contributed by atoms with Gasteiger partial charge in [-0.05, 0) is 56.3 Å². The summed E-state index contributed by atoms with van der Waals surface area (Å²) in [5.74, 6) is 0. The second-order valence-electron chi connectivity index (χ2n) is 6.94. The van der Waals surface area contributed by atoms with E-state index >= 15 is 0 Å². The zero-order valence-electron chi connectivity index (χ0n) is 15.8. The first-order valence-corrected chi connectivity index (χ1v) is 9.26. The summed E-state index contributed by atoms with van der Waals surface area (Å²) in [6.07, 6.45) is 3.81. The van der Waals surface area contributed by atoms with Crippen LogP contribution in [0.1, 0.15) is 18.3 Å². The van der Waals surface area contributed by atoms with Crippen molar-refractivity contribution in [2.75, 3.05) is 29.9 Å². The van der Waals surface area contributed by atoms with Crippen LogP contribution in [0.15, 0.2) is 49.2 Å². The van der Waals surface area contributed by atoms with Gasteiger partial charge in [0.25, 0.3) is 0 Å². The van der Waals surface area contributed by atoms with Crippen molar-refractivity contribution in [3.8, 4) is 0 Å². The Morgan fingerprint density at radius 3 is 2.89 bits per heavy atom. The maximum Gasteiger partial charge on any atom is 0.0727 e. The fourth-order valence-corrected chi connectivity index (χ4v) is 3.45. The van der Waals surface area contributed by atoms with Crippen LogP contribution in [-0.4, -0.2) is 35.8 Å². The van der Waals surface area contributed by atoms with Gasteiger partial charge in [0, 0.05) is 35.5 Å². The Bertz CT molecular complexity index is 968. The van der Waals surface area contributed by atoms with Gasteiger partial charge in [0.15, 0.2) is 0 Å². The smallest absolute Gasteiger partial charge is 0.0727 e. The van der Waals surface area contributed by atoms with E-state index in [1.165, 1.54) is 5.69 Å². The van der Waals surface area contributed by atoms with Gasteiger partial charge in [-0.25, -0.2) is 0 Å². The molecule has 5 heteroatoms. The number of aryl methyl sites for hydroxylation is 1. The zero-order chi connectivity index (χ0) is 18.8. The summed E-state index contributed by atoms with van der Waals surface area (Å²) >= 11 is 0. The molecule has 3 heterocycles. The quantitative estimate of drug-likeness (QED) is 0.740. The van der Waals surface area contributed by atoms with Crippen molar-refractivity contribution >= 4 is 34.0 Å². The summed E-state index contributed by atoms with van der Waals surface area (Å²) in [4.78, 5) is 11.4. The van der Waals surface area contributed by atoms with Gasteiger partial charge in [-0.15, -0.1) is 0 Å². The van der Waals surface area contributed by atoms with E-state index in [9.17, 15) is 0 Å². The lowest BCUT2D eigenvalue weighted by atomic mass is 10.1. The maximum absolute atomic E-state index is 5.67. The molecular weight excluding hydrogens is 336 g/mol. The predicted octanol–water partition coefficient (Wildman–Crippen LogP) is 4.55. The lowest BCUT2D eigenvalue weighted by Gasteiger charge is -2.33. The van der Waals surface area contributed by atoms with E-state index in [1.807, 2.05) is 25.3 Å². The molecule has 27 heavy (non-hydrogen) atoms. The molecule has 0 spiro atoms. The summed E-state index contributed by atoms with van der Waals surface area (Å²) in [7, 11) is 0. The molecule has 2 aromatic heterocycles. The summed E-state index contributed by atoms with van der Waals surface area (Å²) in [6, 6.07) is 12.5. The van der Waals surface area contributed by atoms with Crippen molar-refractivity contribution in [3.05, 3.63) is 60.6 Å². The standard InChI is InChI=1S/C22H24N4O/c1-4-17-5-6-18(13-23-17)25-22-11-15(2)24-21-8-7-19(12-20(21)22)26-9-10-27-16(3)14-26/h4-8,11-13,16H,1,9-10,14H2,2-3H3,(H,24,25). The number of hydrogen-bond acceptors (Lipinski definition) is 5. The highest BCUT2D eigenvalue weighted by atomic mass is 16.5. The fraction of sp³-hybridized carbons (Fsp3) is 0.273. The SMILES string of the molecule is C=Cc1ccc(Nc2cc(C)nc3ccc(N4CCOC(C)C4)cc23)cn1. The molecule has 138 valence electrons. The first-order valence-electron chi connectivity index (χ1n) is 9.26. The third kappa shape index (κ3) is 3.78. The van der Waals surface area contributed by atoms with E-state index in [4.69, 9.17) is 9.72 Å². The van der Waals surface area contributed by atoms with Crippen LogP contribution in [0.2, 0.25) is 0 Å². The molecule has 0 bridgehead atoms. The molecular formula is C22H24N4O. The lowest BCUT2D eigenvalue weighted by Crippen LogP contribution is -2.41. The van der Waals surface area contributed by atoms with E-state index in [-0.39, 0.29) is 6.10 Å². The number of hydrogen-bond donors (Lipinski definition) is 1. The minimum Gasteiger partial charge on any atom is -0.375 e. The molecule has 0 aliphatic carbocycles. The van der Waals surface area contributed by atoms with Gasteiger partial charge in [0.2, 0.25) is 0 Å². The molecule has 1 aliphatic rings. The lowest BCUT2D eigenvalue weighted by molar-refractivity contribution is 0.0532. The molecule has 4 rings (SSSR count). The minimum atomic E-state index is 0.248. The summed E-state index contributed by atoms with van der Waals surface area (Å²) in [6.45, 7) is 10.5. The number of anilines is 3. The van der Waals surface area contributed by atoms with Crippen LogP contribution in [0.3, 0.4) is 0 Å². The van der Waals surface area contributed by atoms with Crippen LogP contribution in [0, 0.1) is 6.92 Å². The van der Waals surface area contributed by atoms with Crippen molar-refractivity contribution in [1.82, 2.24) is 9.97 Å². The summed E-state index contributed by atoms with van der Waals surface area (Å²) in [5.41, 5.74) is 6.00. The van der Waals surface area contributed by atoms with Gasteiger partial charge in [-0.3, -0.25) is 9.97 Å². The maximum atomic E-state index is 5.67. The third-order valence-corrected chi connectivity index (χ3v) is 4.80. The molecule has 0 radical (unpaired) electrons. The van der Waals surface area contributed by atoms with Crippen LogP contribution in [-0.2, 0) is 4.74 Å². The van der Waals surface area contributed by atoms with Crippen molar-refractivity contribution in [1.29, 1.82) is 0 Å². The van der Waals surface area contributed by atoms with E-state index in [2.05, 4.69) is 53.0 Å². The van der Waals surface area contributed by atoms with E-state index in [0.29, 0.717) is 0 Å². The highest BCUT2D eigenvalue weighted by Gasteiger charge is 2.18. The molecule has 3 aromatic rings. The number of nitrogens with one attached hydrogen (secondary N) is 1. The molecule has 0 saturated carbocycles. The Hall–Kier alpha value is -2.92. The van der Waals surface area contributed by atoms with Gasteiger partial charge >= 0.3 is 0 Å². The van der Waals surface area contributed by atoms with Crippen LogP contribution in [0.5, 0.6) is 0 Å². The topological polar surface area (TPSA) is 50.3 Å². The predicted molar refractivity (Wildman–Crippen MR) is 112 cm³/mol. The Morgan fingerprint density at radius 2 is 2.15 bits per heavy atom. The Kier molecular flexibility index (Phi) is 4.77. The monoisotopic (exact) mass is 360 g/mol. The van der Waals surface area contributed by atoms with Gasteiger partial charge in [0.1, 0.15) is 0 Å².